The zero-order valence-electron chi connectivity index (χ0n) is 8.15. The molecular weight excluding hydrogens is 184 g/mol. The molecule has 1 N–H and O–H groups in total. The topological polar surface area (TPSA) is 47.9 Å². The predicted octanol–water partition coefficient (Wildman–Crippen LogP) is 0.779. The van der Waals surface area contributed by atoms with Crippen LogP contribution in [0.2, 0.25) is 0 Å². The van der Waals surface area contributed by atoms with Crippen LogP contribution in [0.4, 0.5) is 0 Å². The highest BCUT2D eigenvalue weighted by Crippen LogP contribution is 2.43. The number of hydrogen-bond donors (Lipinski definition) is 1. The minimum absolute atomic E-state index is 0.0527. The Bertz CT molecular complexity index is 224. The van der Waals surface area contributed by atoms with Crippen LogP contribution in [0.3, 0.4) is 0 Å². The summed E-state index contributed by atoms with van der Waals surface area (Å²) in [6.45, 7) is 0.466. The maximum atomic E-state index is 9.49. The monoisotopic (exact) mass is 200 g/mol. The van der Waals surface area contributed by atoms with Gasteiger partial charge in [0.15, 0.2) is 12.1 Å². The van der Waals surface area contributed by atoms with Crippen LogP contribution < -0.4 is 0 Å². The van der Waals surface area contributed by atoms with Crippen molar-refractivity contribution in [2.24, 2.45) is 0 Å². The van der Waals surface area contributed by atoms with Crippen LogP contribution in [0.1, 0.15) is 32.1 Å². The first-order valence-electron chi connectivity index (χ1n) is 5.44. The van der Waals surface area contributed by atoms with Gasteiger partial charge in [-0.2, -0.15) is 0 Å². The molecule has 3 rings (SSSR count). The van der Waals surface area contributed by atoms with E-state index in [1.165, 1.54) is 6.42 Å². The Morgan fingerprint density at radius 3 is 2.57 bits per heavy atom. The maximum absolute atomic E-state index is 9.49. The molecule has 14 heavy (non-hydrogen) atoms. The highest BCUT2D eigenvalue weighted by atomic mass is 16.8. The number of hydrogen-bond acceptors (Lipinski definition) is 4. The van der Waals surface area contributed by atoms with Crippen LogP contribution >= 0.6 is 0 Å². The van der Waals surface area contributed by atoms with Crippen LogP contribution in [0.5, 0.6) is 0 Å². The molecule has 4 heteroatoms. The second-order valence-electron chi connectivity index (χ2n) is 4.43. The third-order valence-electron chi connectivity index (χ3n) is 3.41. The molecule has 4 nitrogen and oxygen atoms in total. The summed E-state index contributed by atoms with van der Waals surface area (Å²) < 4.78 is 16.8. The smallest absolute Gasteiger partial charge is 0.184 e. The van der Waals surface area contributed by atoms with Crippen molar-refractivity contribution in [2.75, 3.05) is 6.61 Å². The lowest BCUT2D eigenvalue weighted by Crippen LogP contribution is -2.36. The molecule has 0 aromatic carbocycles. The number of ether oxygens (including phenoxy) is 3. The van der Waals surface area contributed by atoms with Gasteiger partial charge in [-0.25, -0.2) is 0 Å². The molecule has 2 aliphatic heterocycles. The normalized spacial score (nSPS) is 45.6. The minimum Gasteiger partial charge on any atom is -0.366 e. The van der Waals surface area contributed by atoms with Gasteiger partial charge in [0.1, 0.15) is 12.2 Å². The molecule has 1 saturated carbocycles. The summed E-state index contributed by atoms with van der Waals surface area (Å²) in [5.74, 6) is -0.391. The van der Waals surface area contributed by atoms with E-state index < -0.39 is 12.1 Å². The summed E-state index contributed by atoms with van der Waals surface area (Å²) in [6.07, 6.45) is 4.42. The largest absolute Gasteiger partial charge is 0.366 e. The third-order valence-corrected chi connectivity index (χ3v) is 3.41. The Balaban J connectivity index is 1.74. The van der Waals surface area contributed by atoms with Crippen molar-refractivity contribution >= 4 is 0 Å². The van der Waals surface area contributed by atoms with Crippen LogP contribution in [0.15, 0.2) is 0 Å². The standard InChI is InChI=1S/C10H16O4/c11-9-8-7(6-12-9)13-10(14-8)4-2-1-3-5-10/h7-9,11H,1-6H2/t7-,8-,9-/m0/s1. The fourth-order valence-electron chi connectivity index (χ4n) is 2.68. The van der Waals surface area contributed by atoms with E-state index >= 15 is 0 Å². The first-order chi connectivity index (χ1) is 6.79. The van der Waals surface area contributed by atoms with E-state index in [0.717, 1.165) is 25.7 Å². The third kappa shape index (κ3) is 1.29. The van der Waals surface area contributed by atoms with Crippen LogP contribution in [0, 0.1) is 0 Å². The average Bonchev–Trinajstić information content (AvgIpc) is 2.68. The fraction of sp³-hybridized carbons (Fsp3) is 1.00. The average molecular weight is 200 g/mol. The summed E-state index contributed by atoms with van der Waals surface area (Å²) >= 11 is 0. The van der Waals surface area contributed by atoms with Gasteiger partial charge in [-0.1, -0.05) is 6.42 Å². The first-order valence-corrected chi connectivity index (χ1v) is 5.44. The second kappa shape index (κ2) is 3.17. The summed E-state index contributed by atoms with van der Waals surface area (Å²) in [5.41, 5.74) is 0. The summed E-state index contributed by atoms with van der Waals surface area (Å²) in [7, 11) is 0. The highest BCUT2D eigenvalue weighted by molar-refractivity contribution is 4.92. The molecule has 0 aromatic rings. The van der Waals surface area contributed by atoms with Crippen molar-refractivity contribution in [1.29, 1.82) is 0 Å². The van der Waals surface area contributed by atoms with Gasteiger partial charge in [-0.3, -0.25) is 0 Å². The lowest BCUT2D eigenvalue weighted by molar-refractivity contribution is -0.235. The number of fused-ring (bicyclic) bond motifs is 1. The molecule has 0 radical (unpaired) electrons. The highest BCUT2D eigenvalue weighted by Gasteiger charge is 2.53. The van der Waals surface area contributed by atoms with Gasteiger partial charge < -0.3 is 19.3 Å². The Labute approximate surface area is 83.1 Å². The van der Waals surface area contributed by atoms with Gasteiger partial charge in [0.05, 0.1) is 6.61 Å². The molecule has 0 amide bonds. The fourth-order valence-corrected chi connectivity index (χ4v) is 2.68. The van der Waals surface area contributed by atoms with E-state index in [4.69, 9.17) is 14.2 Å². The van der Waals surface area contributed by atoms with Gasteiger partial charge in [0.2, 0.25) is 0 Å². The van der Waals surface area contributed by atoms with E-state index in [1.54, 1.807) is 0 Å². The Kier molecular flexibility index (Phi) is 2.06. The summed E-state index contributed by atoms with van der Waals surface area (Å²) in [6, 6.07) is 0. The number of rotatable bonds is 0. The first kappa shape index (κ1) is 9.09. The number of aliphatic hydroxyl groups excluding tert-OH is 1. The van der Waals surface area contributed by atoms with E-state index in [-0.39, 0.29) is 12.2 Å². The van der Waals surface area contributed by atoms with Crippen LogP contribution in [-0.2, 0) is 14.2 Å². The molecule has 0 aromatic heterocycles. The molecule has 0 unspecified atom stereocenters. The lowest BCUT2D eigenvalue weighted by Gasteiger charge is -2.32. The molecule has 1 spiro atoms. The Morgan fingerprint density at radius 1 is 1.07 bits per heavy atom. The number of aliphatic hydroxyl groups is 1. The molecule has 3 fully saturated rings. The SMILES string of the molecule is O[C@H]1OC[C@@H]2OC3(CCCCC3)O[C@@H]21. The summed E-state index contributed by atoms with van der Waals surface area (Å²) in [5, 5.41) is 9.49. The Hall–Kier alpha value is -0.160. The van der Waals surface area contributed by atoms with Crippen molar-refractivity contribution < 1.29 is 19.3 Å². The maximum Gasteiger partial charge on any atom is 0.184 e. The van der Waals surface area contributed by atoms with Crippen molar-refractivity contribution in [3.63, 3.8) is 0 Å². The minimum atomic E-state index is -0.790. The van der Waals surface area contributed by atoms with Crippen LogP contribution in [0.25, 0.3) is 0 Å². The van der Waals surface area contributed by atoms with Gasteiger partial charge in [-0.15, -0.1) is 0 Å². The quantitative estimate of drug-likeness (QED) is 0.627. The molecule has 2 saturated heterocycles. The summed E-state index contributed by atoms with van der Waals surface area (Å²) in [4.78, 5) is 0. The van der Waals surface area contributed by atoms with Gasteiger partial charge in [-0.05, 0) is 12.8 Å². The zero-order valence-corrected chi connectivity index (χ0v) is 8.15. The van der Waals surface area contributed by atoms with Crippen molar-refractivity contribution in [3.05, 3.63) is 0 Å². The lowest BCUT2D eigenvalue weighted by atomic mass is 9.94. The molecular formula is C10H16O4. The van der Waals surface area contributed by atoms with E-state index in [0.29, 0.717) is 6.61 Å². The van der Waals surface area contributed by atoms with Crippen molar-refractivity contribution in [2.45, 2.75) is 56.4 Å². The molecule has 3 aliphatic rings. The predicted molar refractivity (Wildman–Crippen MR) is 47.5 cm³/mol. The van der Waals surface area contributed by atoms with E-state index in [9.17, 15) is 5.11 Å². The Morgan fingerprint density at radius 2 is 1.86 bits per heavy atom. The second-order valence-corrected chi connectivity index (χ2v) is 4.43. The van der Waals surface area contributed by atoms with E-state index in [2.05, 4.69) is 0 Å². The van der Waals surface area contributed by atoms with Gasteiger partial charge in [0, 0.05) is 12.8 Å². The molecule has 0 bridgehead atoms. The van der Waals surface area contributed by atoms with Crippen LogP contribution in [-0.4, -0.2) is 36.0 Å². The van der Waals surface area contributed by atoms with Crippen molar-refractivity contribution in [3.8, 4) is 0 Å². The van der Waals surface area contributed by atoms with Crippen molar-refractivity contribution in [1.82, 2.24) is 0 Å². The molecule has 1 aliphatic carbocycles. The van der Waals surface area contributed by atoms with Gasteiger partial charge >= 0.3 is 0 Å². The zero-order chi connectivity index (χ0) is 9.60. The van der Waals surface area contributed by atoms with E-state index in [1.807, 2.05) is 0 Å². The molecule has 2 heterocycles. The van der Waals surface area contributed by atoms with Gasteiger partial charge in [0.25, 0.3) is 0 Å². The molecule has 3 atom stereocenters. The molecule has 80 valence electrons.